The molecular weight excluding hydrogens is 452 g/mol. The van der Waals surface area contributed by atoms with Crippen molar-refractivity contribution in [2.45, 2.75) is 30.7 Å². The number of nitrogens with one attached hydrogen (secondary N) is 2. The van der Waals surface area contributed by atoms with Crippen LogP contribution in [0.5, 0.6) is 0 Å². The highest BCUT2D eigenvalue weighted by molar-refractivity contribution is 7.89. The van der Waals surface area contributed by atoms with Gasteiger partial charge in [-0.3, -0.25) is 0 Å². The van der Waals surface area contributed by atoms with Crippen molar-refractivity contribution in [2.75, 3.05) is 0 Å². The summed E-state index contributed by atoms with van der Waals surface area (Å²) in [6.07, 6.45) is 1.62. The standard InChI is InChI=1S/C30H28N2O2S/c1-22-16-19-25(20-17-22)35(33,34)32-30(24-12-6-3-7-13-24)29-26-14-8-9-15-27(26)31-28(29)21-18-23-10-4-2-5-11-23/h2-17,19-20,30-32H,18,21H2,1H3. The van der Waals surface area contributed by atoms with Crippen LogP contribution < -0.4 is 4.72 Å². The molecule has 0 fully saturated rings. The second-order valence-corrected chi connectivity index (χ2v) is 10.5. The van der Waals surface area contributed by atoms with Gasteiger partial charge in [-0.1, -0.05) is 96.6 Å². The minimum atomic E-state index is -3.77. The molecule has 35 heavy (non-hydrogen) atoms. The van der Waals surface area contributed by atoms with E-state index in [0.717, 1.165) is 46.1 Å². The first kappa shape index (κ1) is 23.1. The molecule has 0 amide bonds. The highest BCUT2D eigenvalue weighted by Crippen LogP contribution is 2.34. The van der Waals surface area contributed by atoms with Gasteiger partial charge >= 0.3 is 0 Å². The van der Waals surface area contributed by atoms with Crippen LogP contribution in [0.3, 0.4) is 0 Å². The van der Waals surface area contributed by atoms with Crippen molar-refractivity contribution >= 4 is 20.9 Å². The molecule has 5 rings (SSSR count). The molecule has 2 N–H and O–H groups in total. The van der Waals surface area contributed by atoms with Crippen LogP contribution in [0.15, 0.2) is 114 Å². The largest absolute Gasteiger partial charge is 0.358 e. The fourth-order valence-corrected chi connectivity index (χ4v) is 5.73. The maximum absolute atomic E-state index is 13.5. The maximum atomic E-state index is 13.5. The fraction of sp³-hybridized carbons (Fsp3) is 0.133. The summed E-state index contributed by atoms with van der Waals surface area (Å²) < 4.78 is 30.1. The number of aromatic amines is 1. The SMILES string of the molecule is Cc1ccc(S(=O)(=O)NC(c2ccccc2)c2c(CCc3ccccc3)[nH]c3ccccc23)cc1. The molecule has 1 aromatic heterocycles. The highest BCUT2D eigenvalue weighted by Gasteiger charge is 2.27. The van der Waals surface area contributed by atoms with Crippen LogP contribution in [0.4, 0.5) is 0 Å². The molecule has 5 heteroatoms. The van der Waals surface area contributed by atoms with Crippen LogP contribution in [0.2, 0.25) is 0 Å². The Morgan fingerprint density at radius 1 is 0.743 bits per heavy atom. The Labute approximate surface area is 206 Å². The van der Waals surface area contributed by atoms with E-state index < -0.39 is 16.1 Å². The summed E-state index contributed by atoms with van der Waals surface area (Å²) in [7, 11) is -3.77. The smallest absolute Gasteiger partial charge is 0.241 e. The van der Waals surface area contributed by atoms with Crippen molar-refractivity contribution in [1.82, 2.24) is 9.71 Å². The van der Waals surface area contributed by atoms with Gasteiger partial charge in [0.2, 0.25) is 10.0 Å². The van der Waals surface area contributed by atoms with Crippen LogP contribution in [-0.2, 0) is 22.9 Å². The molecule has 4 nitrogen and oxygen atoms in total. The van der Waals surface area contributed by atoms with Crippen molar-refractivity contribution < 1.29 is 8.42 Å². The first-order valence-electron chi connectivity index (χ1n) is 11.8. The minimum Gasteiger partial charge on any atom is -0.358 e. The van der Waals surface area contributed by atoms with Crippen LogP contribution in [0.25, 0.3) is 10.9 Å². The molecule has 0 saturated heterocycles. The Morgan fingerprint density at radius 3 is 2.09 bits per heavy atom. The van der Waals surface area contributed by atoms with Gasteiger partial charge in [-0.2, -0.15) is 4.72 Å². The lowest BCUT2D eigenvalue weighted by atomic mass is 9.94. The lowest BCUT2D eigenvalue weighted by molar-refractivity contribution is 0.572. The second kappa shape index (κ2) is 9.90. The van der Waals surface area contributed by atoms with Gasteiger partial charge in [-0.15, -0.1) is 0 Å². The molecule has 0 bridgehead atoms. The first-order valence-corrected chi connectivity index (χ1v) is 13.3. The van der Waals surface area contributed by atoms with Crippen molar-refractivity contribution in [3.8, 4) is 0 Å². The van der Waals surface area contributed by atoms with Gasteiger partial charge in [0.25, 0.3) is 0 Å². The van der Waals surface area contributed by atoms with E-state index in [1.54, 1.807) is 12.1 Å². The average Bonchev–Trinajstić information content (AvgIpc) is 3.26. The van der Waals surface area contributed by atoms with E-state index in [0.29, 0.717) is 0 Å². The summed E-state index contributed by atoms with van der Waals surface area (Å²) in [5.74, 6) is 0. The third-order valence-electron chi connectivity index (χ3n) is 6.36. The van der Waals surface area contributed by atoms with Gasteiger partial charge in [0, 0.05) is 22.2 Å². The molecule has 176 valence electrons. The molecule has 4 aromatic carbocycles. The quantitative estimate of drug-likeness (QED) is 0.273. The Kier molecular flexibility index (Phi) is 6.53. The monoisotopic (exact) mass is 480 g/mol. The maximum Gasteiger partial charge on any atom is 0.241 e. The zero-order valence-electron chi connectivity index (χ0n) is 19.6. The van der Waals surface area contributed by atoms with Gasteiger partial charge in [-0.25, -0.2) is 8.42 Å². The molecular formula is C30H28N2O2S. The number of aromatic nitrogens is 1. The highest BCUT2D eigenvalue weighted by atomic mass is 32.2. The van der Waals surface area contributed by atoms with E-state index >= 15 is 0 Å². The second-order valence-electron chi connectivity index (χ2n) is 8.83. The Morgan fingerprint density at radius 2 is 1.37 bits per heavy atom. The zero-order chi connectivity index (χ0) is 24.3. The molecule has 0 aliphatic heterocycles. The molecule has 0 spiro atoms. The summed E-state index contributed by atoms with van der Waals surface area (Å²) in [4.78, 5) is 3.84. The molecule has 1 unspecified atom stereocenters. The summed E-state index contributed by atoms with van der Waals surface area (Å²) in [6.45, 7) is 1.95. The van der Waals surface area contributed by atoms with Crippen LogP contribution in [0.1, 0.15) is 34.0 Å². The number of rotatable bonds is 8. The molecule has 0 aliphatic rings. The molecule has 0 radical (unpaired) electrons. The average molecular weight is 481 g/mol. The number of hydrogen-bond donors (Lipinski definition) is 2. The van der Waals surface area contributed by atoms with Crippen molar-refractivity contribution in [2.24, 2.45) is 0 Å². The minimum absolute atomic E-state index is 0.259. The fourth-order valence-electron chi connectivity index (χ4n) is 4.54. The van der Waals surface area contributed by atoms with Crippen LogP contribution in [0, 0.1) is 6.92 Å². The van der Waals surface area contributed by atoms with E-state index in [-0.39, 0.29) is 4.90 Å². The number of hydrogen-bond acceptors (Lipinski definition) is 2. The lowest BCUT2D eigenvalue weighted by Crippen LogP contribution is -2.30. The van der Waals surface area contributed by atoms with E-state index in [1.165, 1.54) is 5.56 Å². The Bertz CT molecular complexity index is 1520. The zero-order valence-corrected chi connectivity index (χ0v) is 20.4. The summed E-state index contributed by atoms with van der Waals surface area (Å²) in [5.41, 5.74) is 6.17. The van der Waals surface area contributed by atoms with Gasteiger partial charge in [-0.05, 0) is 49.1 Å². The number of para-hydroxylation sites is 1. The number of aryl methyl sites for hydroxylation is 3. The Hall–Kier alpha value is -3.67. The summed E-state index contributed by atoms with van der Waals surface area (Å²) >= 11 is 0. The topological polar surface area (TPSA) is 62.0 Å². The first-order chi connectivity index (χ1) is 17.0. The molecule has 0 aliphatic carbocycles. The van der Waals surface area contributed by atoms with E-state index in [1.807, 2.05) is 85.8 Å². The molecule has 0 saturated carbocycles. The number of sulfonamides is 1. The van der Waals surface area contributed by atoms with Crippen molar-refractivity contribution in [1.29, 1.82) is 0 Å². The van der Waals surface area contributed by atoms with E-state index in [9.17, 15) is 8.42 Å². The number of benzene rings is 4. The summed E-state index contributed by atoms with van der Waals surface area (Å²) in [6, 6.07) is 34.7. The predicted octanol–water partition coefficient (Wildman–Crippen LogP) is 6.33. The predicted molar refractivity (Wildman–Crippen MR) is 142 cm³/mol. The van der Waals surface area contributed by atoms with Gasteiger partial charge in [0.1, 0.15) is 0 Å². The molecule has 1 heterocycles. The number of fused-ring (bicyclic) bond motifs is 1. The third-order valence-corrected chi connectivity index (χ3v) is 7.80. The van der Waals surface area contributed by atoms with Gasteiger partial charge in [0.15, 0.2) is 0 Å². The number of H-pyrrole nitrogens is 1. The lowest BCUT2D eigenvalue weighted by Gasteiger charge is -2.21. The van der Waals surface area contributed by atoms with E-state index in [2.05, 4.69) is 27.9 Å². The van der Waals surface area contributed by atoms with Crippen molar-refractivity contribution in [3.63, 3.8) is 0 Å². The van der Waals surface area contributed by atoms with Gasteiger partial charge < -0.3 is 4.98 Å². The van der Waals surface area contributed by atoms with Crippen LogP contribution >= 0.6 is 0 Å². The van der Waals surface area contributed by atoms with Crippen LogP contribution in [-0.4, -0.2) is 13.4 Å². The van der Waals surface area contributed by atoms with Crippen molar-refractivity contribution in [3.05, 3.63) is 137 Å². The Balaban J connectivity index is 1.61. The molecule has 1 atom stereocenters. The third kappa shape index (κ3) is 5.06. The van der Waals surface area contributed by atoms with E-state index in [4.69, 9.17) is 0 Å². The van der Waals surface area contributed by atoms with Gasteiger partial charge in [0.05, 0.1) is 10.9 Å². The molecule has 5 aromatic rings. The summed E-state index contributed by atoms with van der Waals surface area (Å²) in [5, 5.41) is 1.02. The normalized spacial score (nSPS) is 12.6.